The zero-order chi connectivity index (χ0) is 15.2. The van der Waals surface area contributed by atoms with Crippen LogP contribution >= 0.6 is 0 Å². The maximum Gasteiger partial charge on any atom is 0.278 e. The number of fused-ring (bicyclic) bond motifs is 4. The van der Waals surface area contributed by atoms with Gasteiger partial charge in [-0.3, -0.25) is 0 Å². The van der Waals surface area contributed by atoms with Gasteiger partial charge in [0.05, 0.1) is 11.2 Å². The van der Waals surface area contributed by atoms with Gasteiger partial charge in [-0.15, -0.1) is 10.2 Å². The molecule has 0 spiro atoms. The van der Waals surface area contributed by atoms with Crippen LogP contribution in [0.1, 0.15) is 0 Å². The number of benzene rings is 2. The lowest BCUT2D eigenvalue weighted by atomic mass is 10.2. The summed E-state index contributed by atoms with van der Waals surface area (Å²) in [5.74, 6) is 0.837. The van der Waals surface area contributed by atoms with E-state index in [-0.39, 0.29) is 0 Å². The van der Waals surface area contributed by atoms with E-state index < -0.39 is 0 Å². The summed E-state index contributed by atoms with van der Waals surface area (Å²) < 4.78 is 11.0. The molecule has 0 saturated carbocycles. The molecule has 0 amide bonds. The number of nitrogens with zero attached hydrogens (tertiary/aromatic N) is 5. The average molecular weight is 305 g/mol. The van der Waals surface area contributed by atoms with Crippen LogP contribution in [0.2, 0.25) is 0 Å². The summed E-state index contributed by atoms with van der Waals surface area (Å²) in [5.41, 5.74) is 3.71. The van der Waals surface area contributed by atoms with E-state index in [1.165, 1.54) is 0 Å². The molecule has 2 aromatic heterocycles. The molecule has 2 aromatic carbocycles. The van der Waals surface area contributed by atoms with E-state index in [1.807, 2.05) is 42.5 Å². The molecule has 0 aliphatic carbocycles. The number of rotatable bonds is 1. The third-order valence-electron chi connectivity index (χ3n) is 3.67. The average Bonchev–Trinajstić information content (AvgIpc) is 3.05. The lowest BCUT2D eigenvalue weighted by molar-refractivity contribution is 0.158. The van der Waals surface area contributed by atoms with E-state index in [2.05, 4.69) is 20.2 Å². The van der Waals surface area contributed by atoms with Crippen molar-refractivity contribution in [3.05, 3.63) is 42.5 Å². The Bertz CT molecular complexity index is 1030. The van der Waals surface area contributed by atoms with Crippen molar-refractivity contribution in [3.8, 4) is 17.4 Å². The number of para-hydroxylation sites is 1. The standard InChI is InChI=1S/C16H11N5O2/c1-2-4-10(5-3-1)21-19-12-7-6-11-13(14(12)20-21)18-16-15(17-11)22-8-9-23-16/h1-7H,8-9H2. The highest BCUT2D eigenvalue weighted by molar-refractivity contribution is 5.99. The molecule has 0 saturated heterocycles. The second kappa shape index (κ2) is 4.64. The van der Waals surface area contributed by atoms with Crippen molar-refractivity contribution in [1.82, 2.24) is 25.0 Å². The number of hydrogen-bond acceptors (Lipinski definition) is 6. The predicted octanol–water partition coefficient (Wildman–Crippen LogP) is 2.13. The predicted molar refractivity (Wildman–Crippen MR) is 83.0 cm³/mol. The molecule has 0 radical (unpaired) electrons. The summed E-state index contributed by atoms with van der Waals surface area (Å²) in [5, 5.41) is 9.08. The fourth-order valence-corrected chi connectivity index (χ4v) is 2.61. The molecule has 0 N–H and O–H groups in total. The van der Waals surface area contributed by atoms with Gasteiger partial charge in [0, 0.05) is 0 Å². The summed E-state index contributed by atoms with van der Waals surface area (Å²) in [6.07, 6.45) is 0. The molecule has 1 aliphatic rings. The van der Waals surface area contributed by atoms with Crippen LogP contribution in [-0.4, -0.2) is 38.2 Å². The molecule has 0 fully saturated rings. The van der Waals surface area contributed by atoms with Crippen molar-refractivity contribution >= 4 is 22.1 Å². The highest BCUT2D eigenvalue weighted by atomic mass is 16.6. The molecule has 1 aliphatic heterocycles. The van der Waals surface area contributed by atoms with Crippen LogP contribution in [-0.2, 0) is 0 Å². The normalized spacial score (nSPS) is 13.6. The van der Waals surface area contributed by atoms with E-state index in [4.69, 9.17) is 9.47 Å². The number of ether oxygens (including phenoxy) is 2. The Morgan fingerprint density at radius 2 is 1.48 bits per heavy atom. The molecule has 112 valence electrons. The lowest BCUT2D eigenvalue weighted by Gasteiger charge is -2.16. The van der Waals surface area contributed by atoms with E-state index >= 15 is 0 Å². The fraction of sp³-hybridized carbons (Fsp3) is 0.125. The van der Waals surface area contributed by atoms with Crippen LogP contribution < -0.4 is 9.47 Å². The van der Waals surface area contributed by atoms with Gasteiger partial charge in [0.15, 0.2) is 0 Å². The fourth-order valence-electron chi connectivity index (χ4n) is 2.61. The van der Waals surface area contributed by atoms with Crippen LogP contribution in [0.5, 0.6) is 11.8 Å². The Labute approximate surface area is 130 Å². The Balaban J connectivity index is 1.77. The van der Waals surface area contributed by atoms with E-state index in [0.29, 0.717) is 41.5 Å². The molecule has 3 heterocycles. The Hall–Kier alpha value is -3.22. The monoisotopic (exact) mass is 305 g/mol. The van der Waals surface area contributed by atoms with Crippen molar-refractivity contribution in [2.75, 3.05) is 13.2 Å². The van der Waals surface area contributed by atoms with Crippen molar-refractivity contribution in [3.63, 3.8) is 0 Å². The van der Waals surface area contributed by atoms with E-state index in [9.17, 15) is 0 Å². The van der Waals surface area contributed by atoms with E-state index in [1.54, 1.807) is 4.80 Å². The Morgan fingerprint density at radius 1 is 0.739 bits per heavy atom. The van der Waals surface area contributed by atoms with Gasteiger partial charge in [-0.1, -0.05) is 18.2 Å². The van der Waals surface area contributed by atoms with Gasteiger partial charge < -0.3 is 9.47 Å². The zero-order valence-electron chi connectivity index (χ0n) is 12.0. The van der Waals surface area contributed by atoms with Crippen LogP contribution in [0.4, 0.5) is 0 Å². The van der Waals surface area contributed by atoms with Gasteiger partial charge in [0.25, 0.3) is 11.8 Å². The molecule has 0 unspecified atom stereocenters. The minimum Gasteiger partial charge on any atom is -0.470 e. The minimum atomic E-state index is 0.408. The zero-order valence-corrected chi connectivity index (χ0v) is 12.0. The second-order valence-corrected chi connectivity index (χ2v) is 5.16. The summed E-state index contributed by atoms with van der Waals surface area (Å²) in [6, 6.07) is 13.5. The smallest absolute Gasteiger partial charge is 0.278 e. The SMILES string of the molecule is c1ccc(-n2nc3ccc4nc5c(nc4c3n2)OCCO5)cc1. The van der Waals surface area contributed by atoms with Gasteiger partial charge >= 0.3 is 0 Å². The third-order valence-corrected chi connectivity index (χ3v) is 3.67. The maximum absolute atomic E-state index is 5.52. The van der Waals surface area contributed by atoms with Gasteiger partial charge in [0.1, 0.15) is 29.8 Å². The first-order valence-electron chi connectivity index (χ1n) is 7.27. The highest BCUT2D eigenvalue weighted by Crippen LogP contribution is 2.30. The molecular weight excluding hydrogens is 294 g/mol. The largest absolute Gasteiger partial charge is 0.470 e. The van der Waals surface area contributed by atoms with Gasteiger partial charge in [-0.05, 0) is 24.3 Å². The van der Waals surface area contributed by atoms with Crippen molar-refractivity contribution in [2.45, 2.75) is 0 Å². The van der Waals surface area contributed by atoms with Crippen LogP contribution in [0.3, 0.4) is 0 Å². The quantitative estimate of drug-likeness (QED) is 0.536. The molecule has 0 atom stereocenters. The van der Waals surface area contributed by atoms with Gasteiger partial charge in [-0.25, -0.2) is 9.97 Å². The van der Waals surface area contributed by atoms with Crippen LogP contribution in [0.15, 0.2) is 42.5 Å². The molecular formula is C16H11N5O2. The highest BCUT2D eigenvalue weighted by Gasteiger charge is 2.19. The van der Waals surface area contributed by atoms with Gasteiger partial charge in [0.2, 0.25) is 0 Å². The summed E-state index contributed by atoms with van der Waals surface area (Å²) in [7, 11) is 0. The first kappa shape index (κ1) is 12.3. The molecule has 7 heteroatoms. The Morgan fingerprint density at radius 3 is 2.30 bits per heavy atom. The molecule has 4 aromatic rings. The minimum absolute atomic E-state index is 0.408. The molecule has 23 heavy (non-hydrogen) atoms. The molecule has 7 nitrogen and oxygen atoms in total. The first-order valence-corrected chi connectivity index (χ1v) is 7.27. The molecule has 0 bridgehead atoms. The van der Waals surface area contributed by atoms with Crippen molar-refractivity contribution in [1.29, 1.82) is 0 Å². The van der Waals surface area contributed by atoms with Gasteiger partial charge in [-0.2, -0.15) is 4.80 Å². The summed E-state index contributed by atoms with van der Waals surface area (Å²) in [6.45, 7) is 0.958. The first-order chi connectivity index (χ1) is 11.4. The second-order valence-electron chi connectivity index (χ2n) is 5.16. The Kier molecular flexibility index (Phi) is 2.49. The van der Waals surface area contributed by atoms with Crippen LogP contribution in [0.25, 0.3) is 27.8 Å². The number of aromatic nitrogens is 5. The summed E-state index contributed by atoms with van der Waals surface area (Å²) in [4.78, 5) is 10.6. The lowest BCUT2D eigenvalue weighted by Crippen LogP contribution is -2.17. The maximum atomic E-state index is 5.52. The number of hydrogen-bond donors (Lipinski definition) is 0. The third kappa shape index (κ3) is 1.90. The van der Waals surface area contributed by atoms with Crippen molar-refractivity contribution in [2.24, 2.45) is 0 Å². The van der Waals surface area contributed by atoms with Crippen LogP contribution in [0, 0.1) is 0 Å². The topological polar surface area (TPSA) is 75.0 Å². The molecule has 5 rings (SSSR count). The van der Waals surface area contributed by atoms with E-state index in [0.717, 1.165) is 11.2 Å². The summed E-state index contributed by atoms with van der Waals surface area (Å²) >= 11 is 0. The van der Waals surface area contributed by atoms with Crippen molar-refractivity contribution < 1.29 is 9.47 Å².